The van der Waals surface area contributed by atoms with Gasteiger partial charge in [0.25, 0.3) is 0 Å². The number of pyridine rings is 1. The van der Waals surface area contributed by atoms with Gasteiger partial charge in [-0.3, -0.25) is 4.40 Å². The molecule has 0 aliphatic carbocycles. The van der Waals surface area contributed by atoms with Crippen LogP contribution in [0, 0.1) is 20.8 Å². The Labute approximate surface area is 128 Å². The first kappa shape index (κ1) is 13.8. The highest BCUT2D eigenvalue weighted by Gasteiger charge is 2.09. The molecule has 4 nitrogen and oxygen atoms in total. The number of imidazole rings is 1. The molecule has 0 aliphatic heterocycles. The van der Waals surface area contributed by atoms with Crippen LogP contribution in [0.25, 0.3) is 5.65 Å². The number of azo groups is 1. The highest BCUT2D eigenvalue weighted by Crippen LogP contribution is 2.28. The lowest BCUT2D eigenvalue weighted by Crippen LogP contribution is -1.83. The second-order valence-corrected chi connectivity index (χ2v) is 5.47. The number of hydrogen-bond acceptors (Lipinski definition) is 3. The van der Waals surface area contributed by atoms with Gasteiger partial charge in [0.15, 0.2) is 5.82 Å². The molecule has 0 saturated heterocycles. The third-order valence-corrected chi connectivity index (χ3v) is 3.63. The van der Waals surface area contributed by atoms with Crippen LogP contribution < -0.4 is 0 Å². The molecule has 5 heteroatoms. The van der Waals surface area contributed by atoms with Gasteiger partial charge < -0.3 is 0 Å². The maximum atomic E-state index is 6.05. The van der Waals surface area contributed by atoms with Crippen LogP contribution in [0.4, 0.5) is 11.5 Å². The number of benzene rings is 1. The number of hydrogen-bond donors (Lipinski definition) is 0. The summed E-state index contributed by atoms with van der Waals surface area (Å²) < 4.78 is 1.86. The number of aromatic nitrogens is 2. The zero-order chi connectivity index (χ0) is 15.0. The fraction of sp³-hybridized carbons (Fsp3) is 0.188. The summed E-state index contributed by atoms with van der Waals surface area (Å²) in [7, 11) is 0. The number of nitrogens with zero attached hydrogens (tertiary/aromatic N) is 4. The minimum absolute atomic E-state index is 0.642. The zero-order valence-electron chi connectivity index (χ0n) is 12.1. The Bertz CT molecular complexity index is 829. The van der Waals surface area contributed by atoms with Gasteiger partial charge in [-0.05, 0) is 44.0 Å². The summed E-state index contributed by atoms with van der Waals surface area (Å²) in [5, 5.41) is 9.45. The maximum Gasteiger partial charge on any atom is 0.182 e. The summed E-state index contributed by atoms with van der Waals surface area (Å²) in [5.41, 5.74) is 4.74. The zero-order valence-corrected chi connectivity index (χ0v) is 12.9. The smallest absolute Gasteiger partial charge is 0.182 e. The van der Waals surface area contributed by atoms with E-state index in [0.717, 1.165) is 28.2 Å². The number of fused-ring (bicyclic) bond motifs is 1. The third-order valence-electron chi connectivity index (χ3n) is 3.41. The molecule has 21 heavy (non-hydrogen) atoms. The lowest BCUT2D eigenvalue weighted by molar-refractivity contribution is 1.08. The highest BCUT2D eigenvalue weighted by molar-refractivity contribution is 6.30. The van der Waals surface area contributed by atoms with Crippen molar-refractivity contribution in [2.45, 2.75) is 20.8 Å². The molecule has 2 heterocycles. The Hall–Kier alpha value is -2.20. The molecule has 0 unspecified atom stereocenters. The summed E-state index contributed by atoms with van der Waals surface area (Å²) >= 11 is 6.05. The molecule has 3 aromatic rings. The molecule has 0 saturated carbocycles. The third kappa shape index (κ3) is 2.54. The summed E-state index contributed by atoms with van der Waals surface area (Å²) in [4.78, 5) is 4.46. The van der Waals surface area contributed by atoms with Gasteiger partial charge in [0, 0.05) is 6.20 Å². The van der Waals surface area contributed by atoms with E-state index in [9.17, 15) is 0 Å². The Morgan fingerprint density at radius 2 is 1.71 bits per heavy atom. The van der Waals surface area contributed by atoms with Gasteiger partial charge in [0.1, 0.15) is 5.65 Å². The molecular weight excluding hydrogens is 284 g/mol. The first-order chi connectivity index (χ1) is 10.1. The van der Waals surface area contributed by atoms with E-state index in [1.807, 2.05) is 55.5 Å². The van der Waals surface area contributed by atoms with Crippen molar-refractivity contribution in [3.05, 3.63) is 58.4 Å². The summed E-state index contributed by atoms with van der Waals surface area (Å²) in [6.07, 6.45) is 1.80. The first-order valence-electron chi connectivity index (χ1n) is 6.68. The van der Waals surface area contributed by atoms with Crippen LogP contribution in [-0.2, 0) is 0 Å². The van der Waals surface area contributed by atoms with E-state index >= 15 is 0 Å². The molecule has 0 fully saturated rings. The van der Waals surface area contributed by atoms with Crippen molar-refractivity contribution in [2.24, 2.45) is 10.2 Å². The van der Waals surface area contributed by atoms with E-state index in [-0.39, 0.29) is 0 Å². The standard InChI is InChI=1S/C16H15ClN4/c1-10-5-4-6-11(2)15(10)19-20-16-12(3)18-14-8-7-13(17)9-21(14)16/h4-9H,1-3H3. The van der Waals surface area contributed by atoms with Gasteiger partial charge in [-0.25, -0.2) is 4.98 Å². The van der Waals surface area contributed by atoms with E-state index < -0.39 is 0 Å². The van der Waals surface area contributed by atoms with E-state index in [2.05, 4.69) is 15.2 Å². The molecule has 1 aromatic carbocycles. The average Bonchev–Trinajstić information content (AvgIpc) is 2.74. The second-order valence-electron chi connectivity index (χ2n) is 5.04. The first-order valence-corrected chi connectivity index (χ1v) is 7.06. The van der Waals surface area contributed by atoms with Crippen molar-refractivity contribution in [3.63, 3.8) is 0 Å². The molecule has 2 aromatic heterocycles. The molecule has 0 aliphatic rings. The molecule has 0 bridgehead atoms. The Morgan fingerprint density at radius 3 is 2.43 bits per heavy atom. The SMILES string of the molecule is Cc1cccc(C)c1N=Nc1c(C)nc2ccc(Cl)cn12. The predicted octanol–water partition coefficient (Wildman–Crippen LogP) is 5.33. The van der Waals surface area contributed by atoms with Crippen molar-refractivity contribution in [1.29, 1.82) is 0 Å². The van der Waals surface area contributed by atoms with Gasteiger partial charge >= 0.3 is 0 Å². The normalized spacial score (nSPS) is 11.6. The monoisotopic (exact) mass is 298 g/mol. The van der Waals surface area contributed by atoms with Crippen LogP contribution >= 0.6 is 11.6 Å². The van der Waals surface area contributed by atoms with Gasteiger partial charge in [-0.2, -0.15) is 0 Å². The molecule has 0 radical (unpaired) electrons. The van der Waals surface area contributed by atoms with E-state index in [4.69, 9.17) is 11.6 Å². The van der Waals surface area contributed by atoms with E-state index in [0.29, 0.717) is 10.8 Å². The lowest BCUT2D eigenvalue weighted by Gasteiger charge is -2.02. The molecule has 0 N–H and O–H groups in total. The van der Waals surface area contributed by atoms with Crippen molar-refractivity contribution in [3.8, 4) is 0 Å². The Morgan fingerprint density at radius 1 is 1.00 bits per heavy atom. The van der Waals surface area contributed by atoms with Crippen LogP contribution in [0.5, 0.6) is 0 Å². The molecule has 3 rings (SSSR count). The van der Waals surface area contributed by atoms with Crippen LogP contribution in [0.2, 0.25) is 5.02 Å². The van der Waals surface area contributed by atoms with Crippen molar-refractivity contribution in [2.75, 3.05) is 0 Å². The quantitative estimate of drug-likeness (QED) is 0.590. The molecule has 106 valence electrons. The average molecular weight is 299 g/mol. The largest absolute Gasteiger partial charge is 0.281 e. The van der Waals surface area contributed by atoms with Crippen LogP contribution in [0.15, 0.2) is 46.8 Å². The summed E-state index contributed by atoms with van der Waals surface area (Å²) in [5.74, 6) is 0.704. The molecule has 0 spiro atoms. The van der Waals surface area contributed by atoms with Gasteiger partial charge in [0.2, 0.25) is 0 Å². The lowest BCUT2D eigenvalue weighted by atomic mass is 10.1. The van der Waals surface area contributed by atoms with E-state index in [1.54, 1.807) is 6.20 Å². The maximum absolute atomic E-state index is 6.05. The minimum Gasteiger partial charge on any atom is -0.281 e. The summed E-state index contributed by atoms with van der Waals surface area (Å²) in [6, 6.07) is 9.76. The van der Waals surface area contributed by atoms with Crippen molar-refractivity contribution < 1.29 is 0 Å². The second kappa shape index (κ2) is 5.30. The number of aryl methyl sites for hydroxylation is 3. The molecule has 0 atom stereocenters. The van der Waals surface area contributed by atoms with Crippen LogP contribution in [-0.4, -0.2) is 9.38 Å². The Balaban J connectivity index is 2.11. The van der Waals surface area contributed by atoms with E-state index in [1.165, 1.54) is 0 Å². The molecule has 0 amide bonds. The fourth-order valence-corrected chi connectivity index (χ4v) is 2.47. The highest BCUT2D eigenvalue weighted by atomic mass is 35.5. The summed E-state index contributed by atoms with van der Waals surface area (Å²) in [6.45, 7) is 5.97. The van der Waals surface area contributed by atoms with Gasteiger partial charge in [-0.1, -0.05) is 29.8 Å². The fourth-order valence-electron chi connectivity index (χ4n) is 2.31. The van der Waals surface area contributed by atoms with Crippen molar-refractivity contribution in [1.82, 2.24) is 9.38 Å². The minimum atomic E-state index is 0.642. The topological polar surface area (TPSA) is 42.0 Å². The van der Waals surface area contributed by atoms with Crippen LogP contribution in [0.3, 0.4) is 0 Å². The Kier molecular flexibility index (Phi) is 3.47. The van der Waals surface area contributed by atoms with Gasteiger partial charge in [-0.15, -0.1) is 10.2 Å². The number of halogens is 1. The van der Waals surface area contributed by atoms with Crippen LogP contribution in [0.1, 0.15) is 16.8 Å². The predicted molar refractivity (Wildman–Crippen MR) is 85.0 cm³/mol. The number of rotatable bonds is 2. The van der Waals surface area contributed by atoms with Crippen molar-refractivity contribution >= 4 is 28.8 Å². The molecular formula is C16H15ClN4. The van der Waals surface area contributed by atoms with Gasteiger partial charge in [0.05, 0.1) is 16.4 Å².